The van der Waals surface area contributed by atoms with Crippen LogP contribution in [0.4, 0.5) is 5.95 Å². The quantitative estimate of drug-likeness (QED) is 0.456. The van der Waals surface area contributed by atoms with Crippen molar-refractivity contribution < 1.29 is 9.47 Å². The highest BCUT2D eigenvalue weighted by Crippen LogP contribution is 2.33. The summed E-state index contributed by atoms with van der Waals surface area (Å²) >= 11 is 7.59. The largest absolute Gasteiger partial charge is 0.481 e. The normalized spacial score (nSPS) is 16.5. The molecule has 10 heteroatoms. The zero-order valence-corrected chi connectivity index (χ0v) is 19.9. The molecule has 3 aromatic rings. The Bertz CT molecular complexity index is 1030. The Morgan fingerprint density at radius 2 is 2.00 bits per heavy atom. The predicted octanol–water partition coefficient (Wildman–Crippen LogP) is 5.00. The summed E-state index contributed by atoms with van der Waals surface area (Å²) in [6.07, 6.45) is 3.48. The van der Waals surface area contributed by atoms with Crippen LogP contribution in [0.15, 0.2) is 36.5 Å². The molecule has 1 aliphatic heterocycles. The van der Waals surface area contributed by atoms with E-state index in [9.17, 15) is 0 Å². The average Bonchev–Trinajstić information content (AvgIpc) is 3.27. The first kappa shape index (κ1) is 22.8. The summed E-state index contributed by atoms with van der Waals surface area (Å²) in [5.41, 5.74) is 1.73. The van der Waals surface area contributed by atoms with E-state index >= 15 is 0 Å². The first-order valence-corrected chi connectivity index (χ1v) is 11.9. The lowest BCUT2D eigenvalue weighted by Gasteiger charge is -2.26. The van der Waals surface area contributed by atoms with Crippen LogP contribution in [0.2, 0.25) is 5.02 Å². The molecule has 1 aliphatic rings. The lowest BCUT2D eigenvalue weighted by atomic mass is 10.0. The van der Waals surface area contributed by atoms with Gasteiger partial charge in [-0.25, -0.2) is 4.98 Å². The summed E-state index contributed by atoms with van der Waals surface area (Å²) < 4.78 is 16.5. The summed E-state index contributed by atoms with van der Waals surface area (Å²) in [5.74, 6) is 2.21. The van der Waals surface area contributed by atoms with Gasteiger partial charge in [-0.3, -0.25) is 14.3 Å². The fourth-order valence-corrected chi connectivity index (χ4v) is 4.51. The predicted molar refractivity (Wildman–Crippen MR) is 127 cm³/mol. The van der Waals surface area contributed by atoms with E-state index in [1.54, 1.807) is 25.3 Å². The average molecular weight is 475 g/mol. The number of hydrogen-bond donors (Lipinski definition) is 1. The number of pyridine rings is 2. The van der Waals surface area contributed by atoms with Crippen molar-refractivity contribution in [3.8, 4) is 17.4 Å². The van der Waals surface area contributed by atoms with E-state index in [1.807, 2.05) is 30.3 Å². The molecule has 3 aromatic heterocycles. The van der Waals surface area contributed by atoms with Crippen LogP contribution in [0.3, 0.4) is 0 Å². The van der Waals surface area contributed by atoms with Crippen LogP contribution < -0.4 is 9.46 Å². The molecule has 32 heavy (non-hydrogen) atoms. The summed E-state index contributed by atoms with van der Waals surface area (Å²) in [6, 6.07) is 9.74. The summed E-state index contributed by atoms with van der Waals surface area (Å²) in [7, 11) is 1.61. The van der Waals surface area contributed by atoms with Crippen molar-refractivity contribution in [2.45, 2.75) is 43.9 Å². The topological polar surface area (TPSA) is 87.0 Å². The second-order valence-electron chi connectivity index (χ2n) is 7.74. The number of methoxy groups -OCH3 is 1. The first-order valence-electron chi connectivity index (χ1n) is 10.6. The van der Waals surface area contributed by atoms with Crippen molar-refractivity contribution in [3.05, 3.63) is 47.2 Å². The lowest BCUT2D eigenvalue weighted by molar-refractivity contribution is 0.0704. The zero-order chi connectivity index (χ0) is 22.5. The molecule has 0 bridgehead atoms. The van der Waals surface area contributed by atoms with Gasteiger partial charge in [0.2, 0.25) is 11.8 Å². The molecule has 1 saturated heterocycles. The number of ether oxygens (including phenoxy) is 2. The SMILES string of the molecule is COc1cccc(-c2nnc(NSC(C)C(C)c3ccc(Cl)cn3)n2C2CCOCC2)n1. The molecule has 8 nitrogen and oxygen atoms in total. The zero-order valence-electron chi connectivity index (χ0n) is 18.4. The minimum absolute atomic E-state index is 0.226. The number of nitrogens with one attached hydrogen (secondary N) is 1. The highest BCUT2D eigenvalue weighted by atomic mass is 35.5. The first-order chi connectivity index (χ1) is 15.6. The molecule has 4 heterocycles. The molecule has 0 aliphatic carbocycles. The number of anilines is 1. The van der Waals surface area contributed by atoms with E-state index in [0.29, 0.717) is 16.9 Å². The van der Waals surface area contributed by atoms with Crippen molar-refractivity contribution in [1.82, 2.24) is 24.7 Å². The standard InChI is InChI=1S/C22H27ClN6O2S/c1-14(18-8-7-16(23)13-24-18)15(2)32-28-22-27-26-21(19-5-4-6-20(25-19)30-3)29(22)17-9-11-31-12-10-17/h4-8,13-15,17H,9-12H2,1-3H3,(H,27,28). The highest BCUT2D eigenvalue weighted by Gasteiger charge is 2.26. The van der Waals surface area contributed by atoms with Crippen LogP contribution >= 0.6 is 23.5 Å². The third kappa shape index (κ3) is 5.16. The molecule has 2 unspecified atom stereocenters. The second kappa shape index (κ2) is 10.5. The van der Waals surface area contributed by atoms with E-state index in [-0.39, 0.29) is 17.2 Å². The van der Waals surface area contributed by atoms with Crippen LogP contribution in [0.5, 0.6) is 5.88 Å². The maximum Gasteiger partial charge on any atom is 0.235 e. The van der Waals surface area contributed by atoms with Gasteiger partial charge in [-0.2, -0.15) is 0 Å². The Morgan fingerprint density at radius 1 is 1.19 bits per heavy atom. The smallest absolute Gasteiger partial charge is 0.235 e. The van der Waals surface area contributed by atoms with E-state index < -0.39 is 0 Å². The minimum atomic E-state index is 0.226. The Hall–Kier alpha value is -2.36. The van der Waals surface area contributed by atoms with Gasteiger partial charge in [-0.05, 0) is 43.0 Å². The fraction of sp³-hybridized carbons (Fsp3) is 0.455. The maximum atomic E-state index is 5.98. The summed E-state index contributed by atoms with van der Waals surface area (Å²) in [5, 5.41) is 9.82. The molecule has 0 aromatic carbocycles. The number of rotatable bonds is 8. The van der Waals surface area contributed by atoms with Crippen molar-refractivity contribution in [1.29, 1.82) is 0 Å². The Balaban J connectivity index is 1.56. The molecule has 170 valence electrons. The fourth-order valence-electron chi connectivity index (χ4n) is 3.62. The highest BCUT2D eigenvalue weighted by molar-refractivity contribution is 8.01. The van der Waals surface area contributed by atoms with Gasteiger partial charge in [0.25, 0.3) is 0 Å². The molecule has 0 amide bonds. The molecule has 1 N–H and O–H groups in total. The molecular formula is C22H27ClN6O2S. The van der Waals surface area contributed by atoms with Gasteiger partial charge in [-0.1, -0.05) is 31.5 Å². The monoisotopic (exact) mass is 474 g/mol. The van der Waals surface area contributed by atoms with Gasteiger partial charge in [0.1, 0.15) is 5.69 Å². The van der Waals surface area contributed by atoms with Crippen LogP contribution in [-0.2, 0) is 4.74 Å². The second-order valence-corrected chi connectivity index (χ2v) is 9.36. The molecular weight excluding hydrogens is 448 g/mol. The van der Waals surface area contributed by atoms with E-state index in [4.69, 9.17) is 21.1 Å². The van der Waals surface area contributed by atoms with Crippen molar-refractivity contribution in [2.24, 2.45) is 0 Å². The minimum Gasteiger partial charge on any atom is -0.481 e. The molecule has 1 fully saturated rings. The third-order valence-electron chi connectivity index (χ3n) is 5.67. The van der Waals surface area contributed by atoms with Gasteiger partial charge >= 0.3 is 0 Å². The summed E-state index contributed by atoms with van der Waals surface area (Å²) in [6.45, 7) is 5.76. The van der Waals surface area contributed by atoms with E-state index in [0.717, 1.165) is 43.3 Å². The number of hydrogen-bond acceptors (Lipinski definition) is 8. The maximum absolute atomic E-state index is 5.98. The third-order valence-corrected chi connectivity index (χ3v) is 6.97. The Morgan fingerprint density at radius 3 is 2.72 bits per heavy atom. The van der Waals surface area contributed by atoms with Gasteiger partial charge in [0.15, 0.2) is 5.82 Å². The molecule has 4 rings (SSSR count). The number of nitrogens with zero attached hydrogens (tertiary/aromatic N) is 5. The number of halogens is 1. The Kier molecular flexibility index (Phi) is 7.49. The van der Waals surface area contributed by atoms with Crippen LogP contribution in [0, 0.1) is 0 Å². The van der Waals surface area contributed by atoms with Crippen LogP contribution in [-0.4, -0.2) is 50.3 Å². The van der Waals surface area contributed by atoms with Crippen molar-refractivity contribution in [2.75, 3.05) is 25.0 Å². The molecule has 2 atom stereocenters. The molecule has 0 spiro atoms. The molecule has 0 saturated carbocycles. The Labute approximate surface area is 197 Å². The van der Waals surface area contributed by atoms with E-state index in [2.05, 4.69) is 43.3 Å². The van der Waals surface area contributed by atoms with Crippen molar-refractivity contribution in [3.63, 3.8) is 0 Å². The number of aromatic nitrogens is 5. The van der Waals surface area contributed by atoms with E-state index in [1.165, 1.54) is 0 Å². The van der Waals surface area contributed by atoms with Gasteiger partial charge in [0.05, 0.1) is 12.1 Å². The van der Waals surface area contributed by atoms with Gasteiger partial charge < -0.3 is 9.47 Å². The summed E-state index contributed by atoms with van der Waals surface area (Å²) in [4.78, 5) is 9.04. The van der Waals surface area contributed by atoms with Gasteiger partial charge in [0, 0.05) is 48.4 Å². The lowest BCUT2D eigenvalue weighted by Crippen LogP contribution is -2.22. The van der Waals surface area contributed by atoms with Crippen molar-refractivity contribution >= 4 is 29.5 Å². The molecule has 0 radical (unpaired) electrons. The van der Waals surface area contributed by atoms with Gasteiger partial charge in [-0.15, -0.1) is 10.2 Å². The van der Waals surface area contributed by atoms with Crippen LogP contribution in [0.1, 0.15) is 44.3 Å². The van der Waals surface area contributed by atoms with Crippen LogP contribution in [0.25, 0.3) is 11.5 Å².